The molecule has 0 aliphatic heterocycles. The molecule has 24 heavy (non-hydrogen) atoms. The number of benzene rings is 1. The van der Waals surface area contributed by atoms with Crippen molar-refractivity contribution in [3.05, 3.63) is 52.3 Å². The van der Waals surface area contributed by atoms with E-state index in [-0.39, 0.29) is 5.69 Å². The Hall–Kier alpha value is -3.16. The Morgan fingerprint density at radius 3 is 2.75 bits per heavy atom. The largest absolute Gasteiger partial charge is 0.455 e. The molecule has 126 valence electrons. The van der Waals surface area contributed by atoms with E-state index in [0.29, 0.717) is 17.1 Å². The summed E-state index contributed by atoms with van der Waals surface area (Å²) >= 11 is 0. The minimum absolute atomic E-state index is 0.0225. The summed E-state index contributed by atoms with van der Waals surface area (Å²) in [5, 5.41) is 14.5. The number of nitrogens with zero attached hydrogens (tertiary/aromatic N) is 2. The normalized spacial score (nSPS) is 11.5. The highest BCUT2D eigenvalue weighted by Crippen LogP contribution is 2.25. The fraction of sp³-hybridized carbons (Fsp3) is 0.250. The van der Waals surface area contributed by atoms with Crippen molar-refractivity contribution in [3.8, 4) is 11.3 Å². The lowest BCUT2D eigenvalue weighted by molar-refractivity contribution is -0.384. The minimum atomic E-state index is -0.677. The van der Waals surface area contributed by atoms with E-state index < -0.39 is 16.6 Å². The summed E-state index contributed by atoms with van der Waals surface area (Å²) in [5.41, 5.74) is 2.16. The summed E-state index contributed by atoms with van der Waals surface area (Å²) in [7, 11) is 0. The summed E-state index contributed by atoms with van der Waals surface area (Å²) in [6.45, 7) is 5.23. The standard InChI is InChI=1S/C16H17N3O5/c1-16(2,3)24-15(20)18-17-10-13-7-8-14(23-13)11-5-4-6-12(9-11)19(21)22/h4-10H,1-3H3,(H,18,20). The van der Waals surface area contributed by atoms with Crippen LogP contribution in [-0.2, 0) is 4.74 Å². The maximum Gasteiger partial charge on any atom is 0.428 e. The molecule has 0 aliphatic rings. The van der Waals surface area contributed by atoms with E-state index in [1.165, 1.54) is 18.3 Å². The number of non-ortho nitro benzene ring substituents is 1. The Morgan fingerprint density at radius 1 is 1.33 bits per heavy atom. The Bertz CT molecular complexity index is 774. The van der Waals surface area contributed by atoms with Crippen molar-refractivity contribution in [2.45, 2.75) is 26.4 Å². The summed E-state index contributed by atoms with van der Waals surface area (Å²) in [5.74, 6) is 0.838. The van der Waals surface area contributed by atoms with Crippen molar-refractivity contribution in [1.29, 1.82) is 0 Å². The van der Waals surface area contributed by atoms with Gasteiger partial charge in [0.15, 0.2) is 0 Å². The van der Waals surface area contributed by atoms with E-state index in [0.717, 1.165) is 0 Å². The van der Waals surface area contributed by atoms with Crippen LogP contribution in [-0.4, -0.2) is 22.8 Å². The smallest absolute Gasteiger partial charge is 0.428 e. The molecule has 0 radical (unpaired) electrons. The first-order valence-electron chi connectivity index (χ1n) is 7.11. The van der Waals surface area contributed by atoms with Gasteiger partial charge in [0.05, 0.1) is 11.1 Å². The first-order chi connectivity index (χ1) is 11.2. The molecule has 2 rings (SSSR count). The van der Waals surface area contributed by atoms with E-state index in [1.807, 2.05) is 0 Å². The van der Waals surface area contributed by atoms with Crippen molar-refractivity contribution in [1.82, 2.24) is 5.43 Å². The van der Waals surface area contributed by atoms with Crippen molar-refractivity contribution in [3.63, 3.8) is 0 Å². The van der Waals surface area contributed by atoms with Crippen LogP contribution in [0.15, 0.2) is 45.9 Å². The highest BCUT2D eigenvalue weighted by atomic mass is 16.6. The number of furan rings is 1. The van der Waals surface area contributed by atoms with E-state index >= 15 is 0 Å². The topological polar surface area (TPSA) is 107 Å². The molecule has 0 aliphatic carbocycles. The Kier molecular flexibility index (Phi) is 4.98. The van der Waals surface area contributed by atoms with Gasteiger partial charge in [-0.1, -0.05) is 12.1 Å². The summed E-state index contributed by atoms with van der Waals surface area (Å²) < 4.78 is 10.6. The number of hydrogen-bond donors (Lipinski definition) is 1. The second-order valence-electron chi connectivity index (χ2n) is 5.88. The number of hydrogen-bond acceptors (Lipinski definition) is 6. The van der Waals surface area contributed by atoms with Crippen LogP contribution in [0.25, 0.3) is 11.3 Å². The summed E-state index contributed by atoms with van der Waals surface area (Å²) in [4.78, 5) is 21.8. The molecular weight excluding hydrogens is 314 g/mol. The molecule has 1 heterocycles. The zero-order chi connectivity index (χ0) is 17.7. The lowest BCUT2D eigenvalue weighted by Gasteiger charge is -2.18. The lowest BCUT2D eigenvalue weighted by Crippen LogP contribution is -2.29. The quantitative estimate of drug-likeness (QED) is 0.522. The van der Waals surface area contributed by atoms with Crippen molar-refractivity contribution >= 4 is 18.0 Å². The third-order valence-electron chi connectivity index (χ3n) is 2.71. The van der Waals surface area contributed by atoms with Crippen LogP contribution in [0.5, 0.6) is 0 Å². The second kappa shape index (κ2) is 6.95. The van der Waals surface area contributed by atoms with Crippen LogP contribution in [0.1, 0.15) is 26.5 Å². The summed E-state index contributed by atoms with van der Waals surface area (Å²) in [6.07, 6.45) is 0.634. The van der Waals surface area contributed by atoms with Crippen LogP contribution >= 0.6 is 0 Å². The first kappa shape index (κ1) is 17.2. The summed E-state index contributed by atoms with van der Waals surface area (Å²) in [6, 6.07) is 9.39. The fourth-order valence-electron chi connectivity index (χ4n) is 1.80. The number of carbonyl (C=O) groups is 1. The average Bonchev–Trinajstić information content (AvgIpc) is 2.94. The van der Waals surface area contributed by atoms with Crippen LogP contribution in [0, 0.1) is 10.1 Å². The molecule has 0 bridgehead atoms. The van der Waals surface area contributed by atoms with Crippen LogP contribution in [0.2, 0.25) is 0 Å². The van der Waals surface area contributed by atoms with Gasteiger partial charge in [0.25, 0.3) is 5.69 Å². The van der Waals surface area contributed by atoms with Gasteiger partial charge < -0.3 is 9.15 Å². The van der Waals surface area contributed by atoms with Gasteiger partial charge in [-0.25, -0.2) is 10.2 Å². The van der Waals surface area contributed by atoms with E-state index in [1.54, 1.807) is 45.0 Å². The van der Waals surface area contributed by atoms with Crippen molar-refractivity contribution in [2.75, 3.05) is 0 Å². The van der Waals surface area contributed by atoms with Crippen LogP contribution < -0.4 is 5.43 Å². The van der Waals surface area contributed by atoms with E-state index in [9.17, 15) is 14.9 Å². The molecule has 8 heteroatoms. The molecular formula is C16H17N3O5. The Morgan fingerprint density at radius 2 is 2.08 bits per heavy atom. The third kappa shape index (κ3) is 4.94. The van der Waals surface area contributed by atoms with Gasteiger partial charge in [0.1, 0.15) is 17.1 Å². The molecule has 1 amide bonds. The Balaban J connectivity index is 2.03. The molecule has 0 atom stereocenters. The molecule has 1 aromatic carbocycles. The molecule has 1 N–H and O–H groups in total. The van der Waals surface area contributed by atoms with Gasteiger partial charge in [-0.15, -0.1) is 0 Å². The number of nitro groups is 1. The van der Waals surface area contributed by atoms with Gasteiger partial charge in [-0.3, -0.25) is 10.1 Å². The Labute approximate surface area is 138 Å². The molecule has 0 saturated heterocycles. The van der Waals surface area contributed by atoms with Gasteiger partial charge in [-0.2, -0.15) is 5.10 Å². The van der Waals surface area contributed by atoms with Crippen molar-refractivity contribution < 1.29 is 18.9 Å². The molecule has 0 unspecified atom stereocenters. The number of nitro benzene ring substituents is 1. The number of rotatable bonds is 4. The monoisotopic (exact) mass is 331 g/mol. The molecule has 2 aromatic rings. The molecule has 0 saturated carbocycles. The number of nitrogens with one attached hydrogen (secondary N) is 1. The zero-order valence-electron chi connectivity index (χ0n) is 13.5. The molecule has 1 aromatic heterocycles. The zero-order valence-corrected chi connectivity index (χ0v) is 13.5. The van der Waals surface area contributed by atoms with Crippen LogP contribution in [0.3, 0.4) is 0 Å². The minimum Gasteiger partial charge on any atom is -0.455 e. The van der Waals surface area contributed by atoms with Gasteiger partial charge in [0, 0.05) is 17.7 Å². The lowest BCUT2D eigenvalue weighted by atomic mass is 10.1. The predicted octanol–water partition coefficient (Wildman–Crippen LogP) is 3.71. The highest BCUT2D eigenvalue weighted by molar-refractivity contribution is 5.79. The predicted molar refractivity (Wildman–Crippen MR) is 87.8 cm³/mol. The average molecular weight is 331 g/mol. The SMILES string of the molecule is CC(C)(C)OC(=O)NN=Cc1ccc(-c2cccc([N+](=O)[O-])c2)o1. The number of ether oxygens (including phenoxy) is 1. The van der Waals surface area contributed by atoms with E-state index in [2.05, 4.69) is 10.5 Å². The maximum absolute atomic E-state index is 11.4. The third-order valence-corrected chi connectivity index (χ3v) is 2.71. The number of amides is 1. The van der Waals surface area contributed by atoms with Crippen LogP contribution in [0.4, 0.5) is 10.5 Å². The molecule has 8 nitrogen and oxygen atoms in total. The molecule has 0 fully saturated rings. The van der Waals surface area contributed by atoms with Gasteiger partial charge >= 0.3 is 6.09 Å². The fourth-order valence-corrected chi connectivity index (χ4v) is 1.80. The number of hydrazone groups is 1. The molecule has 0 spiro atoms. The number of carbonyl (C=O) groups excluding carboxylic acids is 1. The first-order valence-corrected chi connectivity index (χ1v) is 7.11. The maximum atomic E-state index is 11.4. The highest BCUT2D eigenvalue weighted by Gasteiger charge is 2.15. The second-order valence-corrected chi connectivity index (χ2v) is 5.88. The van der Waals surface area contributed by atoms with Crippen molar-refractivity contribution in [2.24, 2.45) is 5.10 Å². The van der Waals surface area contributed by atoms with Gasteiger partial charge in [-0.05, 0) is 32.9 Å². The van der Waals surface area contributed by atoms with Gasteiger partial charge in [0.2, 0.25) is 0 Å². The van der Waals surface area contributed by atoms with E-state index in [4.69, 9.17) is 9.15 Å².